The fourth-order valence-corrected chi connectivity index (χ4v) is 2.56. The predicted octanol–water partition coefficient (Wildman–Crippen LogP) is 1.35. The summed E-state index contributed by atoms with van der Waals surface area (Å²) in [5.41, 5.74) is 1.24. The van der Waals surface area contributed by atoms with Crippen molar-refractivity contribution in [2.45, 2.75) is 31.3 Å². The Morgan fingerprint density at radius 1 is 1.23 bits per heavy atom. The fourth-order valence-electron chi connectivity index (χ4n) is 2.56. The average Bonchev–Trinajstić information content (AvgIpc) is 3.20. The van der Waals surface area contributed by atoms with E-state index in [2.05, 4.69) is 15.6 Å². The van der Waals surface area contributed by atoms with Crippen LogP contribution >= 0.6 is 24.8 Å². The number of carbonyl (C=O) groups is 1. The van der Waals surface area contributed by atoms with Crippen molar-refractivity contribution in [1.82, 2.24) is 15.6 Å². The van der Waals surface area contributed by atoms with Gasteiger partial charge in [-0.25, -0.2) is 0 Å². The summed E-state index contributed by atoms with van der Waals surface area (Å²) in [5, 5.41) is 6.32. The van der Waals surface area contributed by atoms with Crippen molar-refractivity contribution in [1.29, 1.82) is 0 Å². The van der Waals surface area contributed by atoms with Gasteiger partial charge in [0, 0.05) is 24.4 Å². The highest BCUT2D eigenvalue weighted by Gasteiger charge is 2.30. The van der Waals surface area contributed by atoms with Crippen molar-refractivity contribution in [3.05, 3.63) is 30.1 Å². The minimum atomic E-state index is 0. The number of amides is 1. The van der Waals surface area contributed by atoms with Crippen molar-refractivity contribution in [3.63, 3.8) is 0 Å². The summed E-state index contributed by atoms with van der Waals surface area (Å²) in [4.78, 5) is 15.9. The molecule has 0 radical (unpaired) electrons. The Hall–Kier alpha value is -0.880. The lowest BCUT2D eigenvalue weighted by Crippen LogP contribution is -2.44. The van der Waals surface area contributed by atoms with Gasteiger partial charge in [-0.1, -0.05) is 0 Å². The molecule has 0 bridgehead atoms. The first-order valence-corrected chi connectivity index (χ1v) is 7.30. The SMILES string of the molecule is Cl.Cl.O=C(CNC1CC1)N[C@H]1COC[C@H]1Cc1ccncc1. The normalized spacial score (nSPS) is 23.3. The summed E-state index contributed by atoms with van der Waals surface area (Å²) in [6.45, 7) is 1.75. The number of rotatable bonds is 6. The Balaban J connectivity index is 0.00000121. The lowest BCUT2D eigenvalue weighted by molar-refractivity contribution is -0.121. The number of nitrogens with one attached hydrogen (secondary N) is 2. The van der Waals surface area contributed by atoms with Gasteiger partial charge in [-0.2, -0.15) is 0 Å². The van der Waals surface area contributed by atoms with Gasteiger partial charge in [-0.05, 0) is 37.0 Å². The van der Waals surface area contributed by atoms with Crippen molar-refractivity contribution in [3.8, 4) is 0 Å². The first-order valence-electron chi connectivity index (χ1n) is 7.30. The monoisotopic (exact) mass is 347 g/mol. The minimum Gasteiger partial charge on any atom is -0.379 e. The Labute approximate surface area is 143 Å². The molecule has 2 aliphatic rings. The van der Waals surface area contributed by atoms with E-state index < -0.39 is 0 Å². The lowest BCUT2D eigenvalue weighted by Gasteiger charge is -2.19. The molecule has 1 aromatic heterocycles. The van der Waals surface area contributed by atoms with Gasteiger partial charge in [0.25, 0.3) is 0 Å². The first kappa shape index (κ1) is 19.2. The second-order valence-electron chi connectivity index (χ2n) is 5.69. The first-order chi connectivity index (χ1) is 9.81. The summed E-state index contributed by atoms with van der Waals surface area (Å²) in [6.07, 6.45) is 6.93. The van der Waals surface area contributed by atoms with Gasteiger partial charge in [-0.3, -0.25) is 9.78 Å². The van der Waals surface area contributed by atoms with Gasteiger partial charge in [0.2, 0.25) is 5.91 Å². The quantitative estimate of drug-likeness (QED) is 0.815. The molecular formula is C15H23Cl2N3O2. The third-order valence-electron chi connectivity index (χ3n) is 3.92. The average molecular weight is 348 g/mol. The number of nitrogens with zero attached hydrogens (tertiary/aromatic N) is 1. The number of ether oxygens (including phenoxy) is 1. The van der Waals surface area contributed by atoms with Crippen LogP contribution in [0.25, 0.3) is 0 Å². The van der Waals surface area contributed by atoms with Crippen LogP contribution in [0.2, 0.25) is 0 Å². The van der Waals surface area contributed by atoms with Gasteiger partial charge in [0.05, 0.1) is 25.8 Å². The second-order valence-corrected chi connectivity index (χ2v) is 5.69. The predicted molar refractivity (Wildman–Crippen MR) is 89.7 cm³/mol. The Morgan fingerprint density at radius 3 is 2.64 bits per heavy atom. The van der Waals surface area contributed by atoms with Crippen molar-refractivity contribution in [2.24, 2.45) is 5.92 Å². The zero-order valence-electron chi connectivity index (χ0n) is 12.4. The molecule has 1 aliphatic carbocycles. The molecule has 0 aromatic carbocycles. The molecule has 5 nitrogen and oxygen atoms in total. The van der Waals surface area contributed by atoms with Crippen molar-refractivity contribution >= 4 is 30.7 Å². The van der Waals surface area contributed by atoms with Gasteiger partial charge in [0.15, 0.2) is 0 Å². The van der Waals surface area contributed by atoms with E-state index in [1.54, 1.807) is 12.4 Å². The molecular weight excluding hydrogens is 325 g/mol. The van der Waals surface area contributed by atoms with Crippen LogP contribution in [-0.4, -0.2) is 42.7 Å². The largest absolute Gasteiger partial charge is 0.379 e. The van der Waals surface area contributed by atoms with Gasteiger partial charge < -0.3 is 15.4 Å². The summed E-state index contributed by atoms with van der Waals surface area (Å²) in [6, 6.07) is 4.72. The van der Waals surface area contributed by atoms with Crippen LogP contribution in [-0.2, 0) is 16.0 Å². The van der Waals surface area contributed by atoms with E-state index in [-0.39, 0.29) is 36.8 Å². The molecule has 3 rings (SSSR count). The molecule has 1 saturated heterocycles. The Morgan fingerprint density at radius 2 is 1.95 bits per heavy atom. The Kier molecular flexibility index (Phi) is 8.10. The highest BCUT2D eigenvalue weighted by molar-refractivity contribution is 5.85. The van der Waals surface area contributed by atoms with Crippen LogP contribution in [0, 0.1) is 5.92 Å². The standard InChI is InChI=1S/C15H21N3O2.2ClH/c19-15(8-17-13-1-2-13)18-14-10-20-9-12(14)7-11-3-5-16-6-4-11;;/h3-6,12-14,17H,1-2,7-10H2,(H,18,19);2*1H/t12-,14+;;/m1../s1. The van der Waals surface area contributed by atoms with Crippen LogP contribution < -0.4 is 10.6 Å². The molecule has 2 N–H and O–H groups in total. The molecule has 7 heteroatoms. The van der Waals surface area contributed by atoms with E-state index in [1.807, 2.05) is 12.1 Å². The fraction of sp³-hybridized carbons (Fsp3) is 0.600. The zero-order valence-corrected chi connectivity index (χ0v) is 14.0. The molecule has 2 heterocycles. The molecule has 1 aromatic rings. The molecule has 0 spiro atoms. The van der Waals surface area contributed by atoms with E-state index in [9.17, 15) is 4.79 Å². The summed E-state index contributed by atoms with van der Waals surface area (Å²) >= 11 is 0. The van der Waals surface area contributed by atoms with Crippen LogP contribution in [0.15, 0.2) is 24.5 Å². The van der Waals surface area contributed by atoms with E-state index >= 15 is 0 Å². The van der Waals surface area contributed by atoms with Gasteiger partial charge in [0.1, 0.15) is 0 Å². The molecule has 1 amide bonds. The number of aromatic nitrogens is 1. The maximum absolute atomic E-state index is 11.9. The summed E-state index contributed by atoms with van der Waals surface area (Å²) < 4.78 is 5.53. The third-order valence-corrected chi connectivity index (χ3v) is 3.92. The highest BCUT2D eigenvalue weighted by atomic mass is 35.5. The Bertz CT molecular complexity index is 457. The van der Waals surface area contributed by atoms with Crippen LogP contribution in [0.5, 0.6) is 0 Å². The topological polar surface area (TPSA) is 63.2 Å². The van der Waals surface area contributed by atoms with E-state index in [0.29, 0.717) is 31.7 Å². The van der Waals surface area contributed by atoms with E-state index in [4.69, 9.17) is 4.74 Å². The number of halogens is 2. The van der Waals surface area contributed by atoms with Gasteiger partial charge in [-0.15, -0.1) is 24.8 Å². The lowest BCUT2D eigenvalue weighted by atomic mass is 9.95. The van der Waals surface area contributed by atoms with Gasteiger partial charge >= 0.3 is 0 Å². The molecule has 1 saturated carbocycles. The van der Waals surface area contributed by atoms with Crippen molar-refractivity contribution < 1.29 is 9.53 Å². The molecule has 124 valence electrons. The molecule has 1 aliphatic heterocycles. The number of pyridine rings is 1. The van der Waals surface area contributed by atoms with Crippen LogP contribution in [0.3, 0.4) is 0 Å². The second kappa shape index (κ2) is 9.30. The van der Waals surface area contributed by atoms with Crippen molar-refractivity contribution in [2.75, 3.05) is 19.8 Å². The van der Waals surface area contributed by atoms with Crippen LogP contribution in [0.4, 0.5) is 0 Å². The third kappa shape index (κ3) is 5.72. The maximum atomic E-state index is 11.9. The number of hydrogen-bond acceptors (Lipinski definition) is 4. The highest BCUT2D eigenvalue weighted by Crippen LogP contribution is 2.19. The summed E-state index contributed by atoms with van der Waals surface area (Å²) in [5.74, 6) is 0.425. The minimum absolute atomic E-state index is 0. The molecule has 2 atom stereocenters. The molecule has 2 fully saturated rings. The molecule has 22 heavy (non-hydrogen) atoms. The summed E-state index contributed by atoms with van der Waals surface area (Å²) in [7, 11) is 0. The number of carbonyl (C=O) groups excluding carboxylic acids is 1. The molecule has 0 unspecified atom stereocenters. The zero-order chi connectivity index (χ0) is 13.8. The van der Waals surface area contributed by atoms with E-state index in [1.165, 1.54) is 18.4 Å². The maximum Gasteiger partial charge on any atom is 0.234 e. The van der Waals surface area contributed by atoms with E-state index in [0.717, 1.165) is 6.42 Å². The number of hydrogen-bond donors (Lipinski definition) is 2. The van der Waals surface area contributed by atoms with Crippen LogP contribution in [0.1, 0.15) is 18.4 Å². The smallest absolute Gasteiger partial charge is 0.234 e.